The highest BCUT2D eigenvalue weighted by Gasteiger charge is 2.11. The molecule has 156 valence electrons. The largest absolute Gasteiger partial charge is 0.487 e. The van der Waals surface area contributed by atoms with Crippen molar-refractivity contribution >= 4 is 34.8 Å². The molecule has 1 aromatic carbocycles. The Hall–Kier alpha value is -3.42. The Morgan fingerprint density at radius 2 is 1.97 bits per heavy atom. The van der Waals surface area contributed by atoms with Crippen LogP contribution in [0, 0.1) is 0 Å². The minimum atomic E-state index is -0.347. The lowest BCUT2D eigenvalue weighted by molar-refractivity contribution is 0.102. The van der Waals surface area contributed by atoms with Gasteiger partial charge >= 0.3 is 0 Å². The maximum atomic E-state index is 12.6. The molecule has 0 spiro atoms. The van der Waals surface area contributed by atoms with Crippen LogP contribution in [0.25, 0.3) is 0 Å². The Morgan fingerprint density at radius 3 is 2.81 bits per heavy atom. The predicted octanol–water partition coefficient (Wildman–Crippen LogP) is 4.86. The van der Waals surface area contributed by atoms with Crippen molar-refractivity contribution in [2.45, 2.75) is 13.2 Å². The molecule has 0 atom stereocenters. The molecule has 3 heterocycles. The van der Waals surface area contributed by atoms with Gasteiger partial charge in [-0.25, -0.2) is 0 Å². The van der Waals surface area contributed by atoms with Crippen molar-refractivity contribution < 1.29 is 9.53 Å². The summed E-state index contributed by atoms with van der Waals surface area (Å²) < 4.78 is 7.42. The number of pyridine rings is 2. The number of rotatable bonds is 7. The molecule has 0 fully saturated rings. The average molecular weight is 454 g/mol. The number of nitrogens with zero attached hydrogens (tertiary/aromatic N) is 4. The first kappa shape index (κ1) is 20.8. The Kier molecular flexibility index (Phi) is 6.45. The number of halogens is 2. The van der Waals surface area contributed by atoms with Gasteiger partial charge in [0.2, 0.25) is 0 Å². The van der Waals surface area contributed by atoms with Gasteiger partial charge in [0.25, 0.3) is 5.91 Å². The van der Waals surface area contributed by atoms with Crippen LogP contribution in [-0.4, -0.2) is 25.7 Å². The predicted molar refractivity (Wildman–Crippen MR) is 119 cm³/mol. The number of nitrogens with one attached hydrogen (secondary N) is 1. The zero-order valence-electron chi connectivity index (χ0n) is 16.2. The summed E-state index contributed by atoms with van der Waals surface area (Å²) in [7, 11) is 0. The third-order valence-corrected chi connectivity index (χ3v) is 4.83. The smallest absolute Gasteiger partial charge is 0.274 e. The molecule has 0 saturated heterocycles. The highest BCUT2D eigenvalue weighted by atomic mass is 35.5. The lowest BCUT2D eigenvalue weighted by Gasteiger charge is -2.09. The normalized spacial score (nSPS) is 10.6. The molecule has 0 aliphatic rings. The molecule has 31 heavy (non-hydrogen) atoms. The van der Waals surface area contributed by atoms with Crippen molar-refractivity contribution in [2.24, 2.45) is 0 Å². The van der Waals surface area contributed by atoms with Crippen molar-refractivity contribution in [3.8, 4) is 5.75 Å². The summed E-state index contributed by atoms with van der Waals surface area (Å²) in [6, 6.07) is 14.1. The number of hydrogen-bond donors (Lipinski definition) is 1. The van der Waals surface area contributed by atoms with Gasteiger partial charge in [0.05, 0.1) is 29.1 Å². The molecule has 0 saturated carbocycles. The van der Waals surface area contributed by atoms with E-state index in [0.717, 1.165) is 11.3 Å². The fourth-order valence-corrected chi connectivity index (χ4v) is 3.14. The summed E-state index contributed by atoms with van der Waals surface area (Å²) >= 11 is 12.1. The highest BCUT2D eigenvalue weighted by Crippen LogP contribution is 2.28. The van der Waals surface area contributed by atoms with Crippen LogP contribution >= 0.6 is 23.2 Å². The molecular formula is C22H17Cl2N5O2. The zero-order valence-corrected chi connectivity index (χ0v) is 17.7. The number of carbonyl (C=O) groups excluding carboxylic acids is 1. The van der Waals surface area contributed by atoms with E-state index in [1.54, 1.807) is 59.8 Å². The number of amides is 1. The van der Waals surface area contributed by atoms with Crippen molar-refractivity contribution in [1.82, 2.24) is 19.7 Å². The molecule has 7 nitrogen and oxygen atoms in total. The van der Waals surface area contributed by atoms with Crippen LogP contribution in [0.5, 0.6) is 5.75 Å². The molecule has 9 heteroatoms. The van der Waals surface area contributed by atoms with Crippen LogP contribution in [0.15, 0.2) is 73.3 Å². The van der Waals surface area contributed by atoms with Gasteiger partial charge in [0.15, 0.2) is 0 Å². The third kappa shape index (κ3) is 5.59. The Labute approximate surface area is 188 Å². The van der Waals surface area contributed by atoms with E-state index in [1.165, 1.54) is 0 Å². The summed E-state index contributed by atoms with van der Waals surface area (Å²) in [5.41, 5.74) is 2.46. The molecule has 3 aromatic heterocycles. The van der Waals surface area contributed by atoms with Gasteiger partial charge in [0, 0.05) is 29.7 Å². The van der Waals surface area contributed by atoms with E-state index in [9.17, 15) is 4.79 Å². The summed E-state index contributed by atoms with van der Waals surface area (Å²) in [5, 5.41) is 8.03. The minimum absolute atomic E-state index is 0.213. The van der Waals surface area contributed by atoms with E-state index in [2.05, 4.69) is 20.4 Å². The molecule has 0 unspecified atom stereocenters. The van der Waals surface area contributed by atoms with E-state index >= 15 is 0 Å². The van der Waals surface area contributed by atoms with E-state index in [1.807, 2.05) is 18.2 Å². The van der Waals surface area contributed by atoms with Gasteiger partial charge < -0.3 is 10.1 Å². The van der Waals surface area contributed by atoms with Crippen LogP contribution in [0.4, 0.5) is 5.69 Å². The summed E-state index contributed by atoms with van der Waals surface area (Å²) in [6.45, 7) is 0.721. The van der Waals surface area contributed by atoms with Gasteiger partial charge in [0.1, 0.15) is 18.1 Å². The zero-order chi connectivity index (χ0) is 21.6. The third-order valence-electron chi connectivity index (χ3n) is 4.29. The van der Waals surface area contributed by atoms with E-state index in [4.69, 9.17) is 27.9 Å². The molecule has 0 aliphatic carbocycles. The topological polar surface area (TPSA) is 81.9 Å². The SMILES string of the molecule is O=C(Nc1cnn(Cc2ccccn2)c1)c1cc(COc2cc(Cl)ccc2Cl)ccn1. The maximum absolute atomic E-state index is 12.6. The van der Waals surface area contributed by atoms with Crippen LogP contribution in [0.2, 0.25) is 10.0 Å². The number of ether oxygens (including phenoxy) is 1. The van der Waals surface area contributed by atoms with Gasteiger partial charge in [-0.2, -0.15) is 5.10 Å². The lowest BCUT2D eigenvalue weighted by atomic mass is 10.2. The average Bonchev–Trinajstić information content (AvgIpc) is 3.22. The molecule has 1 N–H and O–H groups in total. The second-order valence-electron chi connectivity index (χ2n) is 6.61. The summed E-state index contributed by atoms with van der Waals surface area (Å²) in [5.74, 6) is 0.123. The Morgan fingerprint density at radius 1 is 1.06 bits per heavy atom. The second kappa shape index (κ2) is 9.59. The molecule has 1 amide bonds. The first-order valence-electron chi connectivity index (χ1n) is 9.33. The molecule has 4 aromatic rings. The number of hydrogen-bond acceptors (Lipinski definition) is 5. The van der Waals surface area contributed by atoms with E-state index in [-0.39, 0.29) is 18.2 Å². The van der Waals surface area contributed by atoms with Gasteiger partial charge in [-0.1, -0.05) is 29.3 Å². The fourth-order valence-electron chi connectivity index (χ4n) is 2.80. The van der Waals surface area contributed by atoms with Crippen LogP contribution in [0.1, 0.15) is 21.7 Å². The number of anilines is 1. The summed E-state index contributed by atoms with van der Waals surface area (Å²) in [6.07, 6.45) is 6.59. The van der Waals surface area contributed by atoms with E-state index in [0.29, 0.717) is 28.0 Å². The monoisotopic (exact) mass is 453 g/mol. The van der Waals surface area contributed by atoms with Crippen molar-refractivity contribution in [3.63, 3.8) is 0 Å². The summed E-state index contributed by atoms with van der Waals surface area (Å²) in [4.78, 5) is 21.0. The standard InChI is InChI=1S/C22H17Cl2N5O2/c23-16-4-5-19(24)21(10-16)31-14-15-6-8-26-20(9-15)22(30)28-18-11-27-29(13-18)12-17-3-1-2-7-25-17/h1-11,13H,12,14H2,(H,28,30). The first-order chi connectivity index (χ1) is 15.1. The number of carbonyl (C=O) groups is 1. The Bertz CT molecular complexity index is 1200. The minimum Gasteiger partial charge on any atom is -0.487 e. The van der Waals surface area contributed by atoms with Crippen molar-refractivity contribution in [2.75, 3.05) is 5.32 Å². The fraction of sp³-hybridized carbons (Fsp3) is 0.0909. The van der Waals surface area contributed by atoms with Crippen LogP contribution < -0.4 is 10.1 Å². The number of aromatic nitrogens is 4. The maximum Gasteiger partial charge on any atom is 0.274 e. The van der Waals surface area contributed by atoms with Gasteiger partial charge in [-0.15, -0.1) is 0 Å². The van der Waals surface area contributed by atoms with Crippen LogP contribution in [-0.2, 0) is 13.2 Å². The molecule has 0 radical (unpaired) electrons. The van der Waals surface area contributed by atoms with Crippen LogP contribution in [0.3, 0.4) is 0 Å². The van der Waals surface area contributed by atoms with Gasteiger partial charge in [-0.3, -0.25) is 19.4 Å². The van der Waals surface area contributed by atoms with Gasteiger partial charge in [-0.05, 0) is 42.0 Å². The quantitative estimate of drug-likeness (QED) is 0.431. The highest BCUT2D eigenvalue weighted by molar-refractivity contribution is 6.34. The molecule has 0 bridgehead atoms. The van der Waals surface area contributed by atoms with Crippen molar-refractivity contribution in [3.05, 3.63) is 100 Å². The molecule has 4 rings (SSSR count). The molecule has 0 aliphatic heterocycles. The lowest BCUT2D eigenvalue weighted by Crippen LogP contribution is -2.14. The molecular weight excluding hydrogens is 437 g/mol. The van der Waals surface area contributed by atoms with Crippen molar-refractivity contribution in [1.29, 1.82) is 0 Å². The Balaban J connectivity index is 1.38. The first-order valence-corrected chi connectivity index (χ1v) is 10.1. The van der Waals surface area contributed by atoms with E-state index < -0.39 is 0 Å². The second-order valence-corrected chi connectivity index (χ2v) is 7.46. The number of benzene rings is 1.